The molecule has 1 heterocycles. The van der Waals surface area contributed by atoms with Crippen molar-refractivity contribution in [2.24, 2.45) is 22.7 Å². The molecule has 0 amide bonds. The second kappa shape index (κ2) is 6.16. The molecule has 2 fully saturated rings. The lowest BCUT2D eigenvalue weighted by molar-refractivity contribution is -0.162. The van der Waals surface area contributed by atoms with Gasteiger partial charge in [0.1, 0.15) is 11.5 Å². The molecule has 0 aromatic carbocycles. The van der Waals surface area contributed by atoms with Crippen LogP contribution in [-0.2, 0) is 23.8 Å². The Hall–Kier alpha value is -1.20. The zero-order valence-electron chi connectivity index (χ0n) is 17.0. The molecule has 3 rings (SSSR count). The van der Waals surface area contributed by atoms with Gasteiger partial charge in [-0.2, -0.15) is 0 Å². The fraction of sp³-hybridized carbons (Fsp3) is 0.810. The van der Waals surface area contributed by atoms with Gasteiger partial charge in [-0.15, -0.1) is 0 Å². The van der Waals surface area contributed by atoms with Crippen LogP contribution in [0.15, 0.2) is 11.6 Å². The molecule has 0 aromatic heterocycles. The predicted molar refractivity (Wildman–Crippen MR) is 97.3 cm³/mol. The summed E-state index contributed by atoms with van der Waals surface area (Å²) in [6.45, 7) is 14.2. The van der Waals surface area contributed by atoms with Gasteiger partial charge in [-0.25, -0.2) is 0 Å². The maximum absolute atomic E-state index is 13.1. The average Bonchev–Trinajstić information content (AvgIpc) is 2.90. The summed E-state index contributed by atoms with van der Waals surface area (Å²) in [6.07, 6.45) is 2.61. The van der Waals surface area contributed by atoms with Gasteiger partial charge < -0.3 is 14.2 Å². The highest BCUT2D eigenvalue weighted by molar-refractivity contribution is 6.09. The molecule has 1 saturated carbocycles. The third-order valence-electron chi connectivity index (χ3n) is 6.60. The molecule has 0 spiro atoms. The van der Waals surface area contributed by atoms with Crippen molar-refractivity contribution < 1.29 is 23.8 Å². The molecule has 5 heteroatoms. The molecule has 0 bridgehead atoms. The number of rotatable bonds is 3. The van der Waals surface area contributed by atoms with E-state index in [1.165, 1.54) is 0 Å². The van der Waals surface area contributed by atoms with Crippen molar-refractivity contribution in [3.05, 3.63) is 11.6 Å². The first-order valence-corrected chi connectivity index (χ1v) is 9.75. The summed E-state index contributed by atoms with van der Waals surface area (Å²) in [5, 5.41) is 0. The standard InChI is InChI=1S/C21H32O5/c1-8-24-18(23)21(7)10-9-20(6)13(11-14(21)22)16-17(15(20)12(2)3)26-19(4,5)25-16/h11-12,15-17H,8-10H2,1-7H3/t15-,16+,17-,20-,21-/m0/s1. The lowest BCUT2D eigenvalue weighted by atomic mass is 9.68. The Labute approximate surface area is 156 Å². The van der Waals surface area contributed by atoms with Gasteiger partial charge in [0.05, 0.1) is 12.7 Å². The maximum Gasteiger partial charge on any atom is 0.319 e. The van der Waals surface area contributed by atoms with E-state index in [0.717, 1.165) is 12.0 Å². The highest BCUT2D eigenvalue weighted by Crippen LogP contribution is 2.60. The van der Waals surface area contributed by atoms with E-state index in [9.17, 15) is 9.59 Å². The molecule has 1 aliphatic heterocycles. The second-order valence-electron chi connectivity index (χ2n) is 9.22. The smallest absolute Gasteiger partial charge is 0.319 e. The Morgan fingerprint density at radius 2 is 1.88 bits per heavy atom. The minimum Gasteiger partial charge on any atom is -0.465 e. The van der Waals surface area contributed by atoms with Crippen molar-refractivity contribution in [3.63, 3.8) is 0 Å². The fourth-order valence-corrected chi connectivity index (χ4v) is 5.27. The SMILES string of the molecule is CCOC(=O)[C@@]1(C)CC[C@@]2(C)C(=CC1=O)[C@H]1OC(C)(C)O[C@H]1[C@@H]2C(C)C. The number of ether oxygens (including phenoxy) is 3. The molecular weight excluding hydrogens is 332 g/mol. The Bertz CT molecular complexity index is 649. The molecule has 0 radical (unpaired) electrons. The fourth-order valence-electron chi connectivity index (χ4n) is 5.27. The number of fused-ring (bicyclic) bond motifs is 3. The molecule has 0 unspecified atom stereocenters. The van der Waals surface area contributed by atoms with E-state index in [1.54, 1.807) is 19.9 Å². The van der Waals surface area contributed by atoms with E-state index < -0.39 is 17.2 Å². The Morgan fingerprint density at radius 3 is 2.46 bits per heavy atom. The summed E-state index contributed by atoms with van der Waals surface area (Å²) >= 11 is 0. The number of ketones is 1. The normalized spacial score (nSPS) is 41.5. The molecule has 5 nitrogen and oxygen atoms in total. The molecule has 3 aliphatic rings. The first-order chi connectivity index (χ1) is 12.0. The molecule has 0 aromatic rings. The van der Waals surface area contributed by atoms with Crippen molar-refractivity contribution in [3.8, 4) is 0 Å². The van der Waals surface area contributed by atoms with E-state index in [2.05, 4.69) is 20.8 Å². The molecule has 146 valence electrons. The second-order valence-corrected chi connectivity index (χ2v) is 9.22. The van der Waals surface area contributed by atoms with Crippen molar-refractivity contribution in [1.29, 1.82) is 0 Å². The number of esters is 1. The van der Waals surface area contributed by atoms with Gasteiger partial charge in [0.15, 0.2) is 11.6 Å². The zero-order valence-corrected chi connectivity index (χ0v) is 17.0. The topological polar surface area (TPSA) is 61.8 Å². The first kappa shape index (κ1) is 19.6. The minimum absolute atomic E-state index is 0.0546. The van der Waals surface area contributed by atoms with Crippen LogP contribution in [-0.4, -0.2) is 36.4 Å². The predicted octanol–water partition coefficient (Wildman–Crippen LogP) is 3.66. The van der Waals surface area contributed by atoms with Gasteiger partial charge in [-0.3, -0.25) is 9.59 Å². The number of carbonyl (C=O) groups excluding carboxylic acids is 2. The highest BCUT2D eigenvalue weighted by atomic mass is 16.8. The van der Waals surface area contributed by atoms with Crippen LogP contribution in [0, 0.1) is 22.7 Å². The summed E-state index contributed by atoms with van der Waals surface area (Å²) < 4.78 is 17.7. The quantitative estimate of drug-likeness (QED) is 0.565. The molecule has 5 atom stereocenters. The molecule has 0 N–H and O–H groups in total. The van der Waals surface area contributed by atoms with Crippen molar-refractivity contribution in [1.82, 2.24) is 0 Å². The van der Waals surface area contributed by atoms with Crippen LogP contribution in [0.3, 0.4) is 0 Å². The Kier molecular flexibility index (Phi) is 4.64. The van der Waals surface area contributed by atoms with Crippen LogP contribution in [0.4, 0.5) is 0 Å². The summed E-state index contributed by atoms with van der Waals surface area (Å²) in [6, 6.07) is 0. The van der Waals surface area contributed by atoms with Gasteiger partial charge in [0, 0.05) is 0 Å². The monoisotopic (exact) mass is 364 g/mol. The largest absolute Gasteiger partial charge is 0.465 e. The van der Waals surface area contributed by atoms with Crippen LogP contribution in [0.5, 0.6) is 0 Å². The van der Waals surface area contributed by atoms with Crippen LogP contribution in [0.1, 0.15) is 61.3 Å². The average molecular weight is 364 g/mol. The van der Waals surface area contributed by atoms with E-state index in [-0.39, 0.29) is 35.9 Å². The number of hydrogen-bond acceptors (Lipinski definition) is 5. The van der Waals surface area contributed by atoms with E-state index in [1.807, 2.05) is 13.8 Å². The van der Waals surface area contributed by atoms with Gasteiger partial charge in [0.2, 0.25) is 0 Å². The minimum atomic E-state index is -1.12. The van der Waals surface area contributed by atoms with Crippen molar-refractivity contribution in [2.75, 3.05) is 6.61 Å². The van der Waals surface area contributed by atoms with E-state index >= 15 is 0 Å². The molecular formula is C21H32O5. The third kappa shape index (κ3) is 2.75. The van der Waals surface area contributed by atoms with Gasteiger partial charge in [-0.1, -0.05) is 20.8 Å². The van der Waals surface area contributed by atoms with Crippen molar-refractivity contribution in [2.45, 2.75) is 79.3 Å². The molecule has 26 heavy (non-hydrogen) atoms. The Morgan fingerprint density at radius 1 is 1.23 bits per heavy atom. The summed E-state index contributed by atoms with van der Waals surface area (Å²) in [4.78, 5) is 25.6. The van der Waals surface area contributed by atoms with E-state index in [0.29, 0.717) is 12.3 Å². The number of allylic oxidation sites excluding steroid dienone is 1. The van der Waals surface area contributed by atoms with Crippen LogP contribution in [0.2, 0.25) is 0 Å². The summed E-state index contributed by atoms with van der Waals surface area (Å²) in [7, 11) is 0. The lowest BCUT2D eigenvalue weighted by Gasteiger charge is -2.38. The van der Waals surface area contributed by atoms with Gasteiger partial charge in [-0.05, 0) is 69.4 Å². The van der Waals surface area contributed by atoms with Gasteiger partial charge in [0.25, 0.3) is 0 Å². The summed E-state index contributed by atoms with van der Waals surface area (Å²) in [5.74, 6) is -0.654. The van der Waals surface area contributed by atoms with E-state index in [4.69, 9.17) is 14.2 Å². The number of carbonyl (C=O) groups is 2. The maximum atomic E-state index is 13.1. The highest BCUT2D eigenvalue weighted by Gasteiger charge is 2.63. The van der Waals surface area contributed by atoms with Gasteiger partial charge >= 0.3 is 5.97 Å². The lowest BCUT2D eigenvalue weighted by Crippen LogP contribution is -2.39. The Balaban J connectivity index is 2.05. The van der Waals surface area contributed by atoms with Crippen LogP contribution < -0.4 is 0 Å². The first-order valence-electron chi connectivity index (χ1n) is 9.75. The zero-order chi connectivity index (χ0) is 19.5. The molecule has 2 aliphatic carbocycles. The third-order valence-corrected chi connectivity index (χ3v) is 6.60. The number of hydrogen-bond donors (Lipinski definition) is 0. The summed E-state index contributed by atoms with van der Waals surface area (Å²) in [5.41, 5.74) is -0.354. The van der Waals surface area contributed by atoms with Crippen molar-refractivity contribution >= 4 is 11.8 Å². The van der Waals surface area contributed by atoms with Crippen LogP contribution in [0.25, 0.3) is 0 Å². The molecule has 1 saturated heterocycles. The van der Waals surface area contributed by atoms with Crippen LogP contribution >= 0.6 is 0 Å².